The van der Waals surface area contributed by atoms with Crippen LogP contribution in [0, 0.1) is 11.3 Å². The zero-order valence-electron chi connectivity index (χ0n) is 11.5. The molecule has 0 bridgehead atoms. The summed E-state index contributed by atoms with van der Waals surface area (Å²) >= 11 is 0. The fraction of sp³-hybridized carbons (Fsp3) is 0.267. The van der Waals surface area contributed by atoms with Crippen LogP contribution >= 0.6 is 0 Å². The third-order valence-corrected chi connectivity index (χ3v) is 2.55. The van der Waals surface area contributed by atoms with E-state index in [1.807, 2.05) is 44.2 Å². The molecule has 2 rings (SSSR count). The van der Waals surface area contributed by atoms with Crippen molar-refractivity contribution in [3.05, 3.63) is 47.9 Å². The summed E-state index contributed by atoms with van der Waals surface area (Å²) in [7, 11) is 0. The van der Waals surface area contributed by atoms with E-state index in [9.17, 15) is 0 Å². The number of nitrogens with one attached hydrogen (secondary N) is 1. The maximum absolute atomic E-state index is 8.77. The maximum Gasteiger partial charge on any atom is 0.145 e. The largest absolute Gasteiger partial charge is 0.491 e. The third kappa shape index (κ3) is 3.95. The lowest BCUT2D eigenvalue weighted by Crippen LogP contribution is -2.06. The van der Waals surface area contributed by atoms with Crippen LogP contribution in [0.1, 0.15) is 25.1 Å². The van der Waals surface area contributed by atoms with Gasteiger partial charge in [0.1, 0.15) is 29.7 Å². The summed E-state index contributed by atoms with van der Waals surface area (Å²) in [5, 5.41) is 11.9. The van der Waals surface area contributed by atoms with Crippen molar-refractivity contribution in [2.45, 2.75) is 26.5 Å². The van der Waals surface area contributed by atoms with Crippen LogP contribution in [0.3, 0.4) is 0 Å². The fourth-order valence-electron chi connectivity index (χ4n) is 1.67. The number of nitriles is 1. The molecular weight excluding hydrogens is 252 g/mol. The van der Waals surface area contributed by atoms with Crippen LogP contribution in [-0.4, -0.2) is 16.1 Å². The summed E-state index contributed by atoms with van der Waals surface area (Å²) in [6.07, 6.45) is 1.55. The van der Waals surface area contributed by atoms with Crippen molar-refractivity contribution in [2.75, 3.05) is 5.32 Å². The molecular formula is C15H16N4O. The van der Waals surface area contributed by atoms with E-state index in [-0.39, 0.29) is 6.10 Å². The molecule has 0 aliphatic rings. The minimum Gasteiger partial charge on any atom is -0.491 e. The van der Waals surface area contributed by atoms with Crippen LogP contribution in [0.25, 0.3) is 0 Å². The van der Waals surface area contributed by atoms with Gasteiger partial charge in [-0.05, 0) is 31.5 Å². The Kier molecular flexibility index (Phi) is 4.51. The molecule has 0 saturated heterocycles. The lowest BCUT2D eigenvalue weighted by atomic mass is 10.2. The molecule has 5 nitrogen and oxygen atoms in total. The van der Waals surface area contributed by atoms with Gasteiger partial charge < -0.3 is 10.1 Å². The monoisotopic (exact) mass is 268 g/mol. The van der Waals surface area contributed by atoms with Crippen LogP contribution in [0.4, 0.5) is 5.82 Å². The molecule has 5 heteroatoms. The lowest BCUT2D eigenvalue weighted by molar-refractivity contribution is 0.242. The molecule has 0 atom stereocenters. The predicted octanol–water partition coefficient (Wildman–Crippen LogP) is 2.75. The number of nitrogens with zero attached hydrogens (tertiary/aromatic N) is 3. The molecule has 1 N–H and O–H groups in total. The Morgan fingerprint density at radius 1 is 1.25 bits per heavy atom. The lowest BCUT2D eigenvalue weighted by Gasteiger charge is -2.10. The van der Waals surface area contributed by atoms with Crippen molar-refractivity contribution in [3.63, 3.8) is 0 Å². The number of benzene rings is 1. The molecule has 0 spiro atoms. The second-order valence-electron chi connectivity index (χ2n) is 4.56. The first-order valence-corrected chi connectivity index (χ1v) is 6.39. The number of hydrogen-bond donors (Lipinski definition) is 1. The van der Waals surface area contributed by atoms with E-state index >= 15 is 0 Å². The van der Waals surface area contributed by atoms with Gasteiger partial charge in [0.2, 0.25) is 0 Å². The first-order chi connectivity index (χ1) is 9.67. The molecule has 20 heavy (non-hydrogen) atoms. The van der Waals surface area contributed by atoms with Crippen molar-refractivity contribution in [1.82, 2.24) is 9.97 Å². The predicted molar refractivity (Wildman–Crippen MR) is 76.3 cm³/mol. The molecule has 2 aromatic rings. The van der Waals surface area contributed by atoms with Gasteiger partial charge >= 0.3 is 0 Å². The van der Waals surface area contributed by atoms with Crippen molar-refractivity contribution >= 4 is 5.82 Å². The summed E-state index contributed by atoms with van der Waals surface area (Å²) in [5.41, 5.74) is 1.46. The van der Waals surface area contributed by atoms with E-state index < -0.39 is 0 Å². The minimum atomic E-state index is 0.171. The fourth-order valence-corrected chi connectivity index (χ4v) is 1.67. The van der Waals surface area contributed by atoms with Crippen molar-refractivity contribution in [1.29, 1.82) is 5.26 Å². The van der Waals surface area contributed by atoms with Gasteiger partial charge in [-0.3, -0.25) is 0 Å². The first kappa shape index (κ1) is 13.8. The average Bonchev–Trinajstić information content (AvgIpc) is 2.46. The Labute approximate surface area is 118 Å². The molecule has 0 aliphatic carbocycles. The van der Waals surface area contributed by atoms with Gasteiger partial charge in [0, 0.05) is 12.6 Å². The molecule has 1 aromatic heterocycles. The maximum atomic E-state index is 8.77. The Hall–Kier alpha value is -2.61. The summed E-state index contributed by atoms with van der Waals surface area (Å²) in [6.45, 7) is 4.62. The van der Waals surface area contributed by atoms with Crippen LogP contribution in [-0.2, 0) is 6.54 Å². The first-order valence-electron chi connectivity index (χ1n) is 6.39. The number of ether oxygens (including phenoxy) is 1. The smallest absolute Gasteiger partial charge is 0.145 e. The van der Waals surface area contributed by atoms with E-state index in [1.165, 1.54) is 6.33 Å². The molecule has 0 unspecified atom stereocenters. The second-order valence-corrected chi connectivity index (χ2v) is 4.56. The van der Waals surface area contributed by atoms with Crippen molar-refractivity contribution in [2.24, 2.45) is 0 Å². The average molecular weight is 268 g/mol. The number of aromatic nitrogens is 2. The normalized spacial score (nSPS) is 10.1. The molecule has 102 valence electrons. The molecule has 0 fully saturated rings. The molecule has 0 amide bonds. The number of hydrogen-bond acceptors (Lipinski definition) is 5. The Morgan fingerprint density at radius 2 is 2.00 bits per heavy atom. The zero-order valence-corrected chi connectivity index (χ0v) is 11.5. The van der Waals surface area contributed by atoms with Crippen LogP contribution in [0.15, 0.2) is 36.7 Å². The van der Waals surface area contributed by atoms with Gasteiger partial charge in [-0.1, -0.05) is 12.1 Å². The Bertz CT molecular complexity index is 602. The molecule has 0 radical (unpaired) electrons. The highest BCUT2D eigenvalue weighted by Crippen LogP contribution is 2.14. The molecule has 0 saturated carbocycles. The number of rotatable bonds is 5. The van der Waals surface area contributed by atoms with Gasteiger partial charge in [0.15, 0.2) is 0 Å². The van der Waals surface area contributed by atoms with Crippen molar-refractivity contribution < 1.29 is 4.74 Å². The van der Waals surface area contributed by atoms with E-state index in [4.69, 9.17) is 10.00 Å². The van der Waals surface area contributed by atoms with Crippen LogP contribution < -0.4 is 10.1 Å². The van der Waals surface area contributed by atoms with Gasteiger partial charge in [0.25, 0.3) is 0 Å². The topological polar surface area (TPSA) is 70.8 Å². The zero-order chi connectivity index (χ0) is 14.4. The van der Waals surface area contributed by atoms with Crippen LogP contribution in [0.2, 0.25) is 0 Å². The standard InChI is InChI=1S/C15H16N4O/c1-11(2)20-14-5-3-12(4-6-14)9-17-15-7-13(8-16)18-10-19-15/h3-7,10-11H,9H2,1-2H3,(H,17,18,19). The number of anilines is 1. The van der Waals surface area contributed by atoms with Gasteiger partial charge in [-0.15, -0.1) is 0 Å². The highest BCUT2D eigenvalue weighted by atomic mass is 16.5. The quantitative estimate of drug-likeness (QED) is 0.902. The highest BCUT2D eigenvalue weighted by Gasteiger charge is 2.00. The van der Waals surface area contributed by atoms with Crippen molar-refractivity contribution in [3.8, 4) is 11.8 Å². The Morgan fingerprint density at radius 3 is 2.65 bits per heavy atom. The summed E-state index contributed by atoms with van der Waals surface area (Å²) < 4.78 is 5.59. The molecule has 1 aromatic carbocycles. The van der Waals surface area contributed by atoms with E-state index in [0.717, 1.165) is 11.3 Å². The highest BCUT2D eigenvalue weighted by molar-refractivity contribution is 5.40. The molecule has 0 aliphatic heterocycles. The summed E-state index contributed by atoms with van der Waals surface area (Å²) in [5.74, 6) is 1.50. The van der Waals surface area contributed by atoms with Gasteiger partial charge in [-0.25, -0.2) is 9.97 Å². The van der Waals surface area contributed by atoms with Crippen LogP contribution in [0.5, 0.6) is 5.75 Å². The second kappa shape index (κ2) is 6.53. The van der Waals surface area contributed by atoms with E-state index in [1.54, 1.807) is 6.07 Å². The summed E-state index contributed by atoms with van der Waals surface area (Å²) in [4.78, 5) is 7.88. The summed E-state index contributed by atoms with van der Waals surface area (Å²) in [6, 6.07) is 11.5. The van der Waals surface area contributed by atoms with E-state index in [2.05, 4.69) is 15.3 Å². The molecule has 1 heterocycles. The Balaban J connectivity index is 1.95. The SMILES string of the molecule is CC(C)Oc1ccc(CNc2cc(C#N)ncn2)cc1. The van der Waals surface area contributed by atoms with E-state index in [0.29, 0.717) is 18.1 Å². The van der Waals surface area contributed by atoms with Gasteiger partial charge in [0.05, 0.1) is 6.10 Å². The van der Waals surface area contributed by atoms with Gasteiger partial charge in [-0.2, -0.15) is 5.26 Å². The third-order valence-electron chi connectivity index (χ3n) is 2.55. The minimum absolute atomic E-state index is 0.171.